The van der Waals surface area contributed by atoms with Crippen LogP contribution in [0, 0.1) is 11.8 Å². The molecule has 0 N–H and O–H groups in total. The van der Waals surface area contributed by atoms with E-state index < -0.39 is 36.5 Å². The molecule has 9 heteroatoms. The van der Waals surface area contributed by atoms with Crippen molar-refractivity contribution in [3.63, 3.8) is 0 Å². The van der Waals surface area contributed by atoms with Gasteiger partial charge in [0.2, 0.25) is 6.79 Å². The smallest absolute Gasteiger partial charge is 0.311 e. The second kappa shape index (κ2) is 15.1. The van der Waals surface area contributed by atoms with Crippen LogP contribution in [-0.4, -0.2) is 42.7 Å². The predicted molar refractivity (Wildman–Crippen MR) is 152 cm³/mol. The number of aromatic nitrogens is 1. The van der Waals surface area contributed by atoms with E-state index in [0.717, 1.165) is 10.5 Å². The number of carbonyl (C=O) groups is 3. The minimum atomic E-state index is -0.743. The topological polar surface area (TPSA) is 101 Å². The number of hydrogen-bond acceptors (Lipinski definition) is 9. The van der Waals surface area contributed by atoms with E-state index in [9.17, 15) is 14.4 Å². The largest absolute Gasteiger partial charge is 0.493 e. The van der Waals surface area contributed by atoms with Gasteiger partial charge in [-0.15, -0.1) is 11.8 Å². The highest BCUT2D eigenvalue weighted by molar-refractivity contribution is 7.99. The minimum Gasteiger partial charge on any atom is -0.493 e. The summed E-state index contributed by atoms with van der Waals surface area (Å²) >= 11 is 1.61. The van der Waals surface area contributed by atoms with Gasteiger partial charge in [0.25, 0.3) is 0 Å². The molecule has 3 rings (SSSR count). The summed E-state index contributed by atoms with van der Waals surface area (Å²) in [6.45, 7) is 6.49. The first-order chi connectivity index (χ1) is 19.2. The molecule has 0 bridgehead atoms. The molecule has 1 heterocycles. The zero-order valence-corrected chi connectivity index (χ0v) is 24.2. The molecule has 40 heavy (non-hydrogen) atoms. The number of hydrogen-bond donors (Lipinski definition) is 0. The van der Waals surface area contributed by atoms with Crippen molar-refractivity contribution < 1.29 is 33.3 Å². The molecule has 212 valence electrons. The molecule has 0 aliphatic heterocycles. The van der Waals surface area contributed by atoms with Crippen LogP contribution in [0.4, 0.5) is 0 Å². The van der Waals surface area contributed by atoms with Gasteiger partial charge < -0.3 is 18.9 Å². The number of esters is 2. The number of benzene rings is 2. The van der Waals surface area contributed by atoms with Crippen LogP contribution in [0.1, 0.15) is 55.4 Å². The first kappa shape index (κ1) is 30.7. The van der Waals surface area contributed by atoms with Crippen LogP contribution in [0.25, 0.3) is 0 Å². The lowest BCUT2D eigenvalue weighted by atomic mass is 10.0. The molecular formula is C31H35NO7S. The van der Waals surface area contributed by atoms with Crippen molar-refractivity contribution in [1.82, 2.24) is 4.98 Å². The molecule has 3 atom stereocenters. The molecule has 1 aromatic heterocycles. The van der Waals surface area contributed by atoms with E-state index >= 15 is 0 Å². The van der Waals surface area contributed by atoms with Crippen LogP contribution >= 0.6 is 11.8 Å². The second-order valence-electron chi connectivity index (χ2n) is 9.50. The number of nitrogens with zero attached hydrogens (tertiary/aromatic N) is 1. The van der Waals surface area contributed by atoms with Crippen LogP contribution in [0.5, 0.6) is 11.5 Å². The predicted octanol–water partition coefficient (Wildman–Crippen LogP) is 6.30. The van der Waals surface area contributed by atoms with Gasteiger partial charge in [-0.05, 0) is 24.6 Å². The Bertz CT molecular complexity index is 1270. The van der Waals surface area contributed by atoms with E-state index in [0.29, 0.717) is 0 Å². The lowest BCUT2D eigenvalue weighted by molar-refractivity contribution is -0.154. The number of thioether (sulfide) groups is 1. The van der Waals surface area contributed by atoms with E-state index in [1.165, 1.54) is 19.4 Å². The molecule has 0 aliphatic carbocycles. The van der Waals surface area contributed by atoms with Crippen LogP contribution in [-0.2, 0) is 19.1 Å². The summed E-state index contributed by atoms with van der Waals surface area (Å²) in [5, 5.41) is -0.149. The molecule has 0 amide bonds. The fraction of sp³-hybridized carbons (Fsp3) is 0.355. The lowest BCUT2D eigenvalue weighted by Crippen LogP contribution is -2.26. The van der Waals surface area contributed by atoms with Crippen LogP contribution in [0.15, 0.2) is 77.8 Å². The van der Waals surface area contributed by atoms with Crippen molar-refractivity contribution in [3.8, 4) is 11.5 Å². The number of carbonyl (C=O) groups excluding carboxylic acids is 3. The fourth-order valence-corrected chi connectivity index (χ4v) is 4.93. The van der Waals surface area contributed by atoms with Gasteiger partial charge in [-0.2, -0.15) is 0 Å². The highest BCUT2D eigenvalue weighted by Crippen LogP contribution is 2.39. The third kappa shape index (κ3) is 8.58. The number of rotatable bonds is 14. The summed E-state index contributed by atoms with van der Waals surface area (Å²) in [4.78, 5) is 43.3. The van der Waals surface area contributed by atoms with Crippen molar-refractivity contribution in [3.05, 3.63) is 84.2 Å². The van der Waals surface area contributed by atoms with Crippen LogP contribution in [0.2, 0.25) is 0 Å². The average molecular weight is 566 g/mol. The van der Waals surface area contributed by atoms with E-state index in [1.807, 2.05) is 67.6 Å². The second-order valence-corrected chi connectivity index (χ2v) is 10.7. The molecule has 8 nitrogen and oxygen atoms in total. The Morgan fingerprint density at radius 2 is 1.52 bits per heavy atom. The van der Waals surface area contributed by atoms with E-state index in [-0.39, 0.29) is 34.8 Å². The fourth-order valence-electron chi connectivity index (χ4n) is 3.79. The van der Waals surface area contributed by atoms with Gasteiger partial charge in [0, 0.05) is 23.6 Å². The van der Waals surface area contributed by atoms with Gasteiger partial charge in [0.05, 0.1) is 24.2 Å². The molecular weight excluding hydrogens is 530 g/mol. The lowest BCUT2D eigenvalue weighted by Gasteiger charge is -2.25. The molecule has 0 fully saturated rings. The zero-order chi connectivity index (χ0) is 29.1. The van der Waals surface area contributed by atoms with Gasteiger partial charge >= 0.3 is 11.9 Å². The molecule has 0 saturated heterocycles. The maximum absolute atomic E-state index is 13.2. The molecule has 0 saturated carbocycles. The molecule has 0 spiro atoms. The Hall–Kier alpha value is -3.85. The standard InChI is InChI=1S/C31H35NO7S/c1-20(2)30(34)38-19-37-28-26(36-5)16-17-32-27(28)25(33)18-21(3)31(35)39-22(4)29(23-12-8-6-9-13-23)40-24-14-10-7-11-15-24/h6-17,20-22,29H,18-19H2,1-5H3/t21-,22+,29+/m1/s1. The zero-order valence-electron chi connectivity index (χ0n) is 23.4. The normalized spacial score (nSPS) is 13.2. The molecule has 3 aromatic rings. The minimum absolute atomic E-state index is 0.0190. The summed E-state index contributed by atoms with van der Waals surface area (Å²) in [7, 11) is 1.43. The average Bonchev–Trinajstić information content (AvgIpc) is 2.96. The Kier molecular flexibility index (Phi) is 11.6. The summed E-state index contributed by atoms with van der Waals surface area (Å²) < 4.78 is 21.8. The number of ether oxygens (including phenoxy) is 4. The monoisotopic (exact) mass is 565 g/mol. The van der Waals surface area contributed by atoms with Gasteiger partial charge in [-0.1, -0.05) is 69.3 Å². The maximum atomic E-state index is 13.2. The van der Waals surface area contributed by atoms with Crippen molar-refractivity contribution in [1.29, 1.82) is 0 Å². The van der Waals surface area contributed by atoms with E-state index in [4.69, 9.17) is 18.9 Å². The number of Topliss-reactive ketones (excluding diaryl/α,β-unsaturated/α-hetero) is 1. The summed E-state index contributed by atoms with van der Waals surface area (Å²) in [6, 6.07) is 21.3. The Balaban J connectivity index is 1.69. The van der Waals surface area contributed by atoms with Gasteiger partial charge in [0.15, 0.2) is 23.0 Å². The molecule has 0 aliphatic rings. The molecule has 0 radical (unpaired) electrons. The van der Waals surface area contributed by atoms with E-state index in [1.54, 1.807) is 32.5 Å². The third-order valence-corrected chi connectivity index (χ3v) is 7.44. The SMILES string of the molecule is COc1ccnc(C(=O)C[C@@H](C)C(=O)O[C@@H](C)[C@H](Sc2ccccc2)c2ccccc2)c1OCOC(=O)C(C)C. The van der Waals surface area contributed by atoms with Crippen LogP contribution < -0.4 is 9.47 Å². The molecule has 0 unspecified atom stereocenters. The summed E-state index contributed by atoms with van der Waals surface area (Å²) in [6.07, 6.45) is 0.785. The maximum Gasteiger partial charge on any atom is 0.311 e. The number of methoxy groups -OCH3 is 1. The van der Waals surface area contributed by atoms with Crippen molar-refractivity contribution in [2.45, 2.75) is 50.4 Å². The summed E-state index contributed by atoms with van der Waals surface area (Å²) in [5.74, 6) is -2.14. The van der Waals surface area contributed by atoms with E-state index in [2.05, 4.69) is 4.98 Å². The Labute approximate surface area is 239 Å². The Morgan fingerprint density at radius 1 is 0.875 bits per heavy atom. The Morgan fingerprint density at radius 3 is 2.15 bits per heavy atom. The van der Waals surface area contributed by atoms with Gasteiger partial charge in [-0.25, -0.2) is 4.98 Å². The number of ketones is 1. The first-order valence-corrected chi connectivity index (χ1v) is 13.9. The van der Waals surface area contributed by atoms with Crippen molar-refractivity contribution >= 4 is 29.5 Å². The number of pyridine rings is 1. The quantitative estimate of drug-likeness (QED) is 0.0964. The van der Waals surface area contributed by atoms with Crippen molar-refractivity contribution in [2.24, 2.45) is 11.8 Å². The highest BCUT2D eigenvalue weighted by atomic mass is 32.2. The summed E-state index contributed by atoms with van der Waals surface area (Å²) in [5.41, 5.74) is 1.01. The third-order valence-electron chi connectivity index (χ3n) is 5.99. The van der Waals surface area contributed by atoms with Gasteiger partial charge in [0.1, 0.15) is 6.10 Å². The van der Waals surface area contributed by atoms with Crippen LogP contribution in [0.3, 0.4) is 0 Å². The van der Waals surface area contributed by atoms with Crippen molar-refractivity contribution in [2.75, 3.05) is 13.9 Å². The molecule has 2 aromatic carbocycles. The van der Waals surface area contributed by atoms with Gasteiger partial charge in [-0.3, -0.25) is 14.4 Å². The highest BCUT2D eigenvalue weighted by Gasteiger charge is 2.29. The first-order valence-electron chi connectivity index (χ1n) is 13.0.